The third-order valence-electron chi connectivity index (χ3n) is 5.31. The zero-order valence-electron chi connectivity index (χ0n) is 14.9. The highest BCUT2D eigenvalue weighted by atomic mass is 19.1. The highest BCUT2D eigenvalue weighted by Gasteiger charge is 2.36. The lowest BCUT2D eigenvalue weighted by Gasteiger charge is -2.38. The molecule has 6 heteroatoms. The minimum Gasteiger partial charge on any atom is -0.485 e. The molecule has 27 heavy (non-hydrogen) atoms. The van der Waals surface area contributed by atoms with E-state index in [9.17, 15) is 9.18 Å². The van der Waals surface area contributed by atoms with Crippen LogP contribution < -0.4 is 14.8 Å². The number of para-hydroxylation sites is 2. The normalized spacial score (nSPS) is 20.7. The highest BCUT2D eigenvalue weighted by Crippen LogP contribution is 2.35. The van der Waals surface area contributed by atoms with Crippen molar-refractivity contribution in [1.29, 1.82) is 0 Å². The van der Waals surface area contributed by atoms with Crippen molar-refractivity contribution in [2.45, 2.75) is 24.4 Å². The number of carbonyl (C=O) groups excluding carboxylic acids is 1. The number of fused-ring (bicyclic) bond motifs is 1. The molecule has 1 amide bonds. The average molecular weight is 371 g/mol. The van der Waals surface area contributed by atoms with Crippen molar-refractivity contribution < 1.29 is 23.4 Å². The van der Waals surface area contributed by atoms with Gasteiger partial charge in [-0.2, -0.15) is 0 Å². The van der Waals surface area contributed by atoms with E-state index in [1.54, 1.807) is 18.2 Å². The first-order valence-corrected chi connectivity index (χ1v) is 9.16. The third kappa shape index (κ3) is 3.76. The van der Waals surface area contributed by atoms with Crippen LogP contribution in [-0.2, 0) is 14.9 Å². The molecule has 1 N–H and O–H groups in total. The lowest BCUT2D eigenvalue weighted by atomic mass is 9.74. The van der Waals surface area contributed by atoms with Gasteiger partial charge in [0.2, 0.25) is 6.10 Å². The van der Waals surface area contributed by atoms with Crippen LogP contribution in [0.1, 0.15) is 18.4 Å². The number of hydrogen-bond acceptors (Lipinski definition) is 4. The van der Waals surface area contributed by atoms with Crippen LogP contribution in [0, 0.1) is 5.82 Å². The van der Waals surface area contributed by atoms with Crippen LogP contribution in [0.15, 0.2) is 48.5 Å². The summed E-state index contributed by atoms with van der Waals surface area (Å²) >= 11 is 0. The predicted molar refractivity (Wildman–Crippen MR) is 97.5 cm³/mol. The molecule has 1 saturated heterocycles. The Balaban J connectivity index is 1.45. The fourth-order valence-corrected chi connectivity index (χ4v) is 3.65. The molecule has 1 fully saturated rings. The molecule has 4 rings (SSSR count). The fraction of sp³-hybridized carbons (Fsp3) is 0.381. The molecule has 2 heterocycles. The zero-order valence-corrected chi connectivity index (χ0v) is 14.9. The van der Waals surface area contributed by atoms with Crippen molar-refractivity contribution in [3.63, 3.8) is 0 Å². The third-order valence-corrected chi connectivity index (χ3v) is 5.31. The molecule has 2 aromatic rings. The summed E-state index contributed by atoms with van der Waals surface area (Å²) in [6.45, 7) is 1.85. The number of hydrogen-bond donors (Lipinski definition) is 1. The van der Waals surface area contributed by atoms with Gasteiger partial charge in [0.05, 0.1) is 0 Å². The van der Waals surface area contributed by atoms with E-state index in [0.29, 0.717) is 31.3 Å². The molecule has 0 spiro atoms. The largest absolute Gasteiger partial charge is 0.485 e. The molecule has 2 aromatic carbocycles. The van der Waals surface area contributed by atoms with Gasteiger partial charge < -0.3 is 19.5 Å². The first-order valence-electron chi connectivity index (χ1n) is 9.16. The predicted octanol–water partition coefficient (Wildman–Crippen LogP) is 2.83. The summed E-state index contributed by atoms with van der Waals surface area (Å²) in [7, 11) is 0. The second-order valence-electron chi connectivity index (χ2n) is 6.98. The maximum absolute atomic E-state index is 13.3. The van der Waals surface area contributed by atoms with Gasteiger partial charge in [-0.1, -0.05) is 24.3 Å². The molecule has 1 atom stereocenters. The first-order chi connectivity index (χ1) is 13.2. The van der Waals surface area contributed by atoms with Crippen LogP contribution in [0.4, 0.5) is 4.39 Å². The van der Waals surface area contributed by atoms with Crippen molar-refractivity contribution in [1.82, 2.24) is 5.32 Å². The Bertz CT molecular complexity index is 802. The van der Waals surface area contributed by atoms with E-state index < -0.39 is 6.10 Å². The second kappa shape index (κ2) is 7.56. The summed E-state index contributed by atoms with van der Waals surface area (Å²) in [6, 6.07) is 13.8. The Morgan fingerprint density at radius 2 is 1.78 bits per heavy atom. The molecule has 2 aliphatic heterocycles. The molecule has 0 aromatic heterocycles. The molecular formula is C21H22FNO4. The topological polar surface area (TPSA) is 56.8 Å². The summed E-state index contributed by atoms with van der Waals surface area (Å²) in [5.74, 6) is 0.742. The maximum Gasteiger partial charge on any atom is 0.264 e. The van der Waals surface area contributed by atoms with Crippen LogP contribution in [0.5, 0.6) is 11.5 Å². The van der Waals surface area contributed by atoms with Crippen LogP contribution in [-0.4, -0.2) is 38.4 Å². The van der Waals surface area contributed by atoms with Crippen molar-refractivity contribution in [3.05, 3.63) is 59.9 Å². The van der Waals surface area contributed by atoms with Gasteiger partial charge in [-0.25, -0.2) is 4.39 Å². The number of ether oxygens (including phenoxy) is 3. The van der Waals surface area contributed by atoms with E-state index in [-0.39, 0.29) is 23.7 Å². The van der Waals surface area contributed by atoms with Crippen molar-refractivity contribution in [2.75, 3.05) is 26.4 Å². The van der Waals surface area contributed by atoms with Crippen LogP contribution in [0.2, 0.25) is 0 Å². The lowest BCUT2D eigenvalue weighted by Crippen LogP contribution is -2.50. The summed E-state index contributed by atoms with van der Waals surface area (Å²) in [6.07, 6.45) is 0.845. The van der Waals surface area contributed by atoms with Gasteiger partial charge in [-0.15, -0.1) is 0 Å². The van der Waals surface area contributed by atoms with Crippen molar-refractivity contribution in [2.24, 2.45) is 0 Å². The van der Waals surface area contributed by atoms with Crippen LogP contribution >= 0.6 is 0 Å². The van der Waals surface area contributed by atoms with E-state index in [1.807, 2.05) is 18.2 Å². The molecule has 2 aliphatic rings. The molecular weight excluding hydrogens is 349 g/mol. The molecule has 0 unspecified atom stereocenters. The highest BCUT2D eigenvalue weighted by molar-refractivity contribution is 5.81. The van der Waals surface area contributed by atoms with Gasteiger partial charge in [-0.05, 0) is 42.7 Å². The zero-order chi connectivity index (χ0) is 18.7. The Hall–Kier alpha value is -2.60. The second-order valence-corrected chi connectivity index (χ2v) is 6.98. The quantitative estimate of drug-likeness (QED) is 0.898. The molecule has 0 radical (unpaired) electrons. The van der Waals surface area contributed by atoms with Gasteiger partial charge in [0.15, 0.2) is 11.5 Å². The average Bonchev–Trinajstić information content (AvgIpc) is 2.73. The van der Waals surface area contributed by atoms with Gasteiger partial charge in [0.25, 0.3) is 5.91 Å². The number of carbonyl (C=O) groups is 1. The number of halogens is 1. The van der Waals surface area contributed by atoms with Crippen LogP contribution in [0.3, 0.4) is 0 Å². The van der Waals surface area contributed by atoms with Gasteiger partial charge in [-0.3, -0.25) is 4.79 Å². The molecule has 142 valence electrons. The minimum atomic E-state index is -0.690. The monoisotopic (exact) mass is 371 g/mol. The molecule has 0 aliphatic carbocycles. The van der Waals surface area contributed by atoms with E-state index in [0.717, 1.165) is 18.4 Å². The van der Waals surface area contributed by atoms with E-state index in [2.05, 4.69) is 5.32 Å². The Kier molecular flexibility index (Phi) is 4.99. The van der Waals surface area contributed by atoms with Crippen molar-refractivity contribution in [3.8, 4) is 11.5 Å². The number of benzene rings is 2. The fourth-order valence-electron chi connectivity index (χ4n) is 3.65. The summed E-state index contributed by atoms with van der Waals surface area (Å²) < 4.78 is 30.2. The van der Waals surface area contributed by atoms with Crippen molar-refractivity contribution >= 4 is 5.91 Å². The Morgan fingerprint density at radius 3 is 2.52 bits per heavy atom. The van der Waals surface area contributed by atoms with E-state index >= 15 is 0 Å². The minimum absolute atomic E-state index is 0.176. The lowest BCUT2D eigenvalue weighted by molar-refractivity contribution is -0.130. The molecule has 0 saturated carbocycles. The van der Waals surface area contributed by atoms with E-state index in [1.165, 1.54) is 12.1 Å². The number of rotatable bonds is 4. The Labute approximate surface area is 157 Å². The van der Waals surface area contributed by atoms with E-state index in [4.69, 9.17) is 14.2 Å². The number of amides is 1. The number of nitrogens with one attached hydrogen (secondary N) is 1. The van der Waals surface area contributed by atoms with Gasteiger partial charge in [0, 0.05) is 25.2 Å². The summed E-state index contributed by atoms with van der Waals surface area (Å²) in [5, 5.41) is 3.01. The summed E-state index contributed by atoms with van der Waals surface area (Å²) in [4.78, 5) is 12.7. The van der Waals surface area contributed by atoms with Gasteiger partial charge in [0.1, 0.15) is 12.4 Å². The Morgan fingerprint density at radius 1 is 1.07 bits per heavy atom. The van der Waals surface area contributed by atoms with Gasteiger partial charge >= 0.3 is 0 Å². The van der Waals surface area contributed by atoms with Crippen LogP contribution in [0.25, 0.3) is 0 Å². The summed E-state index contributed by atoms with van der Waals surface area (Å²) in [5.41, 5.74) is 0.744. The molecule has 0 bridgehead atoms. The maximum atomic E-state index is 13.3. The SMILES string of the molecule is O=C(NCC1(c2ccc(F)cc2)CCOCC1)[C@@H]1COc2ccccc2O1. The standard InChI is InChI=1S/C21H22FNO4/c22-16-7-5-15(6-8-16)21(9-11-25-12-10-21)14-23-20(24)19-13-26-17-3-1-2-4-18(17)27-19/h1-8,19H,9-14H2,(H,23,24)/t19-/m0/s1. The smallest absolute Gasteiger partial charge is 0.264 e. The molecule has 5 nitrogen and oxygen atoms in total. The first kappa shape index (κ1) is 17.8.